The van der Waals surface area contributed by atoms with Crippen LogP contribution in [-0.2, 0) is 21.4 Å². The zero-order valence-electron chi connectivity index (χ0n) is 15.3. The average molecular weight is 419 g/mol. The van der Waals surface area contributed by atoms with Gasteiger partial charge in [0.1, 0.15) is 16.5 Å². The standard InChI is InChI=1S/C19H18FN3O5S/c20-13-5-14-16(28-10-18(24)21-14)6-17(13)29(26,27)22-7-11-4-12(9-22)15-2-1-3-19(25)23(15)8-11/h1-3,5-6,11-12H,4,7-10H2,(H,21,24)/t11-,12+/m1/s1. The maximum absolute atomic E-state index is 14.7. The zero-order valence-corrected chi connectivity index (χ0v) is 16.1. The average Bonchev–Trinajstić information content (AvgIpc) is 2.68. The summed E-state index contributed by atoms with van der Waals surface area (Å²) >= 11 is 0. The normalized spacial score (nSPS) is 23.6. The largest absolute Gasteiger partial charge is 0.482 e. The monoisotopic (exact) mass is 419 g/mol. The maximum Gasteiger partial charge on any atom is 0.262 e. The molecule has 1 saturated heterocycles. The Bertz CT molecular complexity index is 1190. The smallest absolute Gasteiger partial charge is 0.262 e. The van der Waals surface area contributed by atoms with Crippen molar-refractivity contribution < 1.29 is 22.3 Å². The molecule has 1 aromatic heterocycles. The molecule has 2 aromatic rings. The highest BCUT2D eigenvalue weighted by Gasteiger charge is 2.40. The first-order chi connectivity index (χ1) is 13.8. The van der Waals surface area contributed by atoms with E-state index in [0.717, 1.165) is 24.2 Å². The van der Waals surface area contributed by atoms with E-state index in [0.29, 0.717) is 6.54 Å². The molecule has 10 heteroatoms. The number of pyridine rings is 1. The van der Waals surface area contributed by atoms with Crippen LogP contribution in [0.25, 0.3) is 0 Å². The Kier molecular flexibility index (Phi) is 4.04. The molecule has 29 heavy (non-hydrogen) atoms. The molecule has 0 radical (unpaired) electrons. The maximum atomic E-state index is 14.7. The minimum atomic E-state index is -4.12. The SMILES string of the molecule is O=C1COc2cc(S(=O)(=O)N3C[C@H]4C[C@@H](C3)c3cccc(=O)n3C4)c(F)cc2N1. The fraction of sp³-hybridized carbons (Fsp3) is 0.368. The number of carbonyl (C=O) groups excluding carboxylic acids is 1. The van der Waals surface area contributed by atoms with Gasteiger partial charge in [-0.15, -0.1) is 0 Å². The summed E-state index contributed by atoms with van der Waals surface area (Å²) in [5.41, 5.74) is 0.834. The van der Waals surface area contributed by atoms with E-state index in [9.17, 15) is 22.4 Å². The van der Waals surface area contributed by atoms with Gasteiger partial charge in [0.05, 0.1) is 5.69 Å². The number of hydrogen-bond acceptors (Lipinski definition) is 5. The van der Waals surface area contributed by atoms with Crippen molar-refractivity contribution >= 4 is 21.6 Å². The molecule has 2 bridgehead atoms. The molecular weight excluding hydrogens is 401 g/mol. The number of nitrogens with zero attached hydrogens (tertiary/aromatic N) is 2. The molecule has 3 aliphatic heterocycles. The summed E-state index contributed by atoms with van der Waals surface area (Å²) in [6.07, 6.45) is 0.789. The van der Waals surface area contributed by atoms with Crippen molar-refractivity contribution in [2.75, 3.05) is 25.0 Å². The topological polar surface area (TPSA) is 97.7 Å². The van der Waals surface area contributed by atoms with Crippen LogP contribution < -0.4 is 15.6 Å². The van der Waals surface area contributed by atoms with Crippen molar-refractivity contribution in [3.05, 3.63) is 52.2 Å². The summed E-state index contributed by atoms with van der Waals surface area (Å²) in [5, 5.41) is 2.46. The van der Waals surface area contributed by atoms with E-state index in [2.05, 4.69) is 5.32 Å². The molecule has 1 aromatic carbocycles. The summed E-state index contributed by atoms with van der Waals surface area (Å²) in [5.74, 6) is -1.39. The van der Waals surface area contributed by atoms with Crippen LogP contribution in [0.2, 0.25) is 0 Å². The Morgan fingerprint density at radius 3 is 2.79 bits per heavy atom. The Balaban J connectivity index is 1.51. The minimum Gasteiger partial charge on any atom is -0.482 e. The van der Waals surface area contributed by atoms with E-state index in [-0.39, 0.29) is 48.5 Å². The van der Waals surface area contributed by atoms with Gasteiger partial charge >= 0.3 is 0 Å². The predicted molar refractivity (Wildman–Crippen MR) is 101 cm³/mol. The molecule has 0 spiro atoms. The van der Waals surface area contributed by atoms with E-state index < -0.39 is 26.6 Å². The van der Waals surface area contributed by atoms with Crippen LogP contribution in [-0.4, -0.2) is 42.9 Å². The Morgan fingerprint density at radius 1 is 1.14 bits per heavy atom. The van der Waals surface area contributed by atoms with Crippen LogP contribution in [0.15, 0.2) is 40.0 Å². The lowest BCUT2D eigenvalue weighted by molar-refractivity contribution is -0.118. The molecule has 4 heterocycles. The number of sulfonamides is 1. The fourth-order valence-electron chi connectivity index (χ4n) is 4.47. The highest BCUT2D eigenvalue weighted by Crippen LogP contribution is 2.39. The van der Waals surface area contributed by atoms with E-state index in [1.807, 2.05) is 6.07 Å². The summed E-state index contributed by atoms with van der Waals surface area (Å²) in [6.45, 7) is 0.584. The number of amides is 1. The Labute approximate surface area is 165 Å². The number of carbonyl (C=O) groups is 1. The van der Waals surface area contributed by atoms with Crippen LogP contribution >= 0.6 is 0 Å². The van der Waals surface area contributed by atoms with Crippen molar-refractivity contribution in [2.24, 2.45) is 5.92 Å². The molecule has 3 aliphatic rings. The number of halogens is 1. The summed E-state index contributed by atoms with van der Waals surface area (Å²) in [4.78, 5) is 23.1. The fourth-order valence-corrected chi connectivity index (χ4v) is 6.09. The van der Waals surface area contributed by atoms with Gasteiger partial charge in [0.15, 0.2) is 6.61 Å². The van der Waals surface area contributed by atoms with Gasteiger partial charge in [0.2, 0.25) is 10.0 Å². The molecule has 2 atom stereocenters. The molecular formula is C19H18FN3O5S. The third-order valence-electron chi connectivity index (χ3n) is 5.73. The molecule has 0 aliphatic carbocycles. The second kappa shape index (κ2) is 6.39. The predicted octanol–water partition coefficient (Wildman–Crippen LogP) is 1.13. The van der Waals surface area contributed by atoms with Gasteiger partial charge in [0.25, 0.3) is 11.5 Å². The van der Waals surface area contributed by atoms with Crippen molar-refractivity contribution in [2.45, 2.75) is 23.8 Å². The number of benzene rings is 1. The molecule has 1 N–H and O–H groups in total. The van der Waals surface area contributed by atoms with E-state index >= 15 is 0 Å². The van der Waals surface area contributed by atoms with Crippen LogP contribution in [0.4, 0.5) is 10.1 Å². The van der Waals surface area contributed by atoms with Crippen molar-refractivity contribution in [1.29, 1.82) is 0 Å². The highest BCUT2D eigenvalue weighted by molar-refractivity contribution is 7.89. The summed E-state index contributed by atoms with van der Waals surface area (Å²) < 4.78 is 49.4. The summed E-state index contributed by atoms with van der Waals surface area (Å²) in [6, 6.07) is 7.12. The molecule has 152 valence electrons. The first kappa shape index (κ1) is 18.3. The van der Waals surface area contributed by atoms with E-state index in [4.69, 9.17) is 4.74 Å². The number of ether oxygens (including phenoxy) is 1. The molecule has 5 rings (SSSR count). The number of aromatic nitrogens is 1. The number of anilines is 1. The van der Waals surface area contributed by atoms with Gasteiger partial charge in [0, 0.05) is 49.4 Å². The van der Waals surface area contributed by atoms with Crippen molar-refractivity contribution in [3.63, 3.8) is 0 Å². The van der Waals surface area contributed by atoms with Gasteiger partial charge in [-0.3, -0.25) is 9.59 Å². The lowest BCUT2D eigenvalue weighted by atomic mass is 9.84. The number of piperidine rings is 1. The van der Waals surface area contributed by atoms with E-state index in [1.54, 1.807) is 10.6 Å². The second-order valence-electron chi connectivity index (χ2n) is 7.64. The Morgan fingerprint density at radius 2 is 1.97 bits per heavy atom. The highest BCUT2D eigenvalue weighted by atomic mass is 32.2. The third-order valence-corrected chi connectivity index (χ3v) is 7.58. The first-order valence-electron chi connectivity index (χ1n) is 9.29. The van der Waals surface area contributed by atoms with Crippen molar-refractivity contribution in [3.8, 4) is 5.75 Å². The number of rotatable bonds is 2. The molecule has 8 nitrogen and oxygen atoms in total. The molecule has 1 fully saturated rings. The molecule has 0 unspecified atom stereocenters. The Hall–Kier alpha value is -2.72. The number of hydrogen-bond donors (Lipinski definition) is 1. The van der Waals surface area contributed by atoms with Gasteiger partial charge in [-0.25, -0.2) is 12.8 Å². The van der Waals surface area contributed by atoms with Gasteiger partial charge in [-0.2, -0.15) is 4.31 Å². The van der Waals surface area contributed by atoms with Gasteiger partial charge < -0.3 is 14.6 Å². The van der Waals surface area contributed by atoms with Crippen LogP contribution in [0.1, 0.15) is 18.0 Å². The number of nitrogens with one attached hydrogen (secondary N) is 1. The number of fused-ring (bicyclic) bond motifs is 5. The van der Waals surface area contributed by atoms with Crippen LogP contribution in [0.3, 0.4) is 0 Å². The summed E-state index contributed by atoms with van der Waals surface area (Å²) in [7, 11) is -4.12. The lowest BCUT2D eigenvalue weighted by Gasteiger charge is -2.42. The first-order valence-corrected chi connectivity index (χ1v) is 10.7. The molecule has 0 saturated carbocycles. The van der Waals surface area contributed by atoms with E-state index in [1.165, 1.54) is 10.4 Å². The zero-order chi connectivity index (χ0) is 20.3. The van der Waals surface area contributed by atoms with Crippen LogP contribution in [0, 0.1) is 11.7 Å². The van der Waals surface area contributed by atoms with Gasteiger partial charge in [-0.1, -0.05) is 6.07 Å². The quantitative estimate of drug-likeness (QED) is 0.787. The second-order valence-corrected chi connectivity index (χ2v) is 9.54. The lowest BCUT2D eigenvalue weighted by Crippen LogP contribution is -2.49. The van der Waals surface area contributed by atoms with Crippen LogP contribution in [0.5, 0.6) is 5.75 Å². The third kappa shape index (κ3) is 2.94. The van der Waals surface area contributed by atoms with Gasteiger partial charge in [-0.05, 0) is 18.4 Å². The minimum absolute atomic E-state index is 0.0210. The molecule has 1 amide bonds. The van der Waals surface area contributed by atoms with Crippen molar-refractivity contribution in [1.82, 2.24) is 8.87 Å².